The van der Waals surface area contributed by atoms with Crippen LogP contribution in [0.5, 0.6) is 5.75 Å². The Balaban J connectivity index is 1.71. The number of carbonyl (C=O) groups is 2. The predicted octanol–water partition coefficient (Wildman–Crippen LogP) is 2.96. The van der Waals surface area contributed by atoms with Gasteiger partial charge in [0.25, 0.3) is 5.91 Å². The second-order valence-corrected chi connectivity index (χ2v) is 6.76. The zero-order valence-corrected chi connectivity index (χ0v) is 14.3. The Morgan fingerprint density at radius 2 is 2.08 bits per heavy atom. The van der Waals surface area contributed by atoms with Crippen LogP contribution in [0.2, 0.25) is 5.02 Å². The molecule has 124 valence electrons. The number of nitrogens with zero attached hydrogens (tertiary/aromatic N) is 1. The Morgan fingerprint density at radius 1 is 1.25 bits per heavy atom. The van der Waals surface area contributed by atoms with E-state index in [0.29, 0.717) is 22.9 Å². The first-order valence-corrected chi connectivity index (χ1v) is 8.66. The lowest BCUT2D eigenvalue weighted by Crippen LogP contribution is -2.38. The van der Waals surface area contributed by atoms with Crippen molar-refractivity contribution in [1.29, 1.82) is 0 Å². The minimum Gasteiger partial charge on any atom is -0.484 e. The fourth-order valence-corrected chi connectivity index (χ4v) is 3.55. The van der Waals surface area contributed by atoms with Crippen molar-refractivity contribution in [2.24, 2.45) is 5.73 Å². The number of thioether (sulfide) groups is 1. The van der Waals surface area contributed by atoms with Crippen LogP contribution >= 0.6 is 23.4 Å². The van der Waals surface area contributed by atoms with Gasteiger partial charge in [-0.05, 0) is 36.4 Å². The maximum absolute atomic E-state index is 12.5. The first-order chi connectivity index (χ1) is 11.5. The van der Waals surface area contributed by atoms with Crippen LogP contribution in [0.1, 0.15) is 10.4 Å². The van der Waals surface area contributed by atoms with Gasteiger partial charge in [0.2, 0.25) is 5.91 Å². The van der Waals surface area contributed by atoms with Crippen molar-refractivity contribution in [3.8, 4) is 5.75 Å². The summed E-state index contributed by atoms with van der Waals surface area (Å²) in [5.74, 6) is 0.543. The van der Waals surface area contributed by atoms with E-state index >= 15 is 0 Å². The Labute approximate surface area is 148 Å². The number of amides is 2. The molecule has 24 heavy (non-hydrogen) atoms. The molecule has 0 aromatic heterocycles. The Morgan fingerprint density at radius 3 is 2.88 bits per heavy atom. The summed E-state index contributed by atoms with van der Waals surface area (Å²) in [7, 11) is 0. The molecule has 0 saturated heterocycles. The van der Waals surface area contributed by atoms with E-state index in [1.165, 1.54) is 6.07 Å². The number of benzene rings is 2. The number of rotatable bonds is 4. The third-order valence-corrected chi connectivity index (χ3v) is 4.84. The molecule has 2 aromatic carbocycles. The minimum absolute atomic E-state index is 0.126. The van der Waals surface area contributed by atoms with E-state index in [0.717, 1.165) is 16.3 Å². The molecule has 1 aliphatic heterocycles. The highest BCUT2D eigenvalue weighted by Crippen LogP contribution is 2.36. The molecule has 2 aromatic rings. The summed E-state index contributed by atoms with van der Waals surface area (Å²) in [5.41, 5.74) is 6.38. The summed E-state index contributed by atoms with van der Waals surface area (Å²) < 4.78 is 5.52. The van der Waals surface area contributed by atoms with Crippen molar-refractivity contribution >= 4 is 40.9 Å². The van der Waals surface area contributed by atoms with Crippen LogP contribution in [0.3, 0.4) is 0 Å². The molecule has 1 aliphatic rings. The lowest BCUT2D eigenvalue weighted by molar-refractivity contribution is -0.120. The largest absolute Gasteiger partial charge is 0.484 e. The van der Waals surface area contributed by atoms with Crippen molar-refractivity contribution in [2.45, 2.75) is 4.90 Å². The van der Waals surface area contributed by atoms with Gasteiger partial charge in [-0.25, -0.2) is 0 Å². The molecule has 7 heteroatoms. The molecule has 0 radical (unpaired) electrons. The van der Waals surface area contributed by atoms with Crippen molar-refractivity contribution < 1.29 is 14.3 Å². The molecule has 0 spiro atoms. The summed E-state index contributed by atoms with van der Waals surface area (Å²) >= 11 is 7.74. The van der Waals surface area contributed by atoms with Crippen molar-refractivity contribution in [1.82, 2.24) is 0 Å². The van der Waals surface area contributed by atoms with Crippen molar-refractivity contribution in [3.05, 3.63) is 53.1 Å². The van der Waals surface area contributed by atoms with Gasteiger partial charge in [-0.1, -0.05) is 17.7 Å². The number of primary amides is 1. The lowest BCUT2D eigenvalue weighted by atomic mass is 10.2. The molecule has 0 aliphatic carbocycles. The molecule has 0 unspecified atom stereocenters. The zero-order chi connectivity index (χ0) is 17.1. The van der Waals surface area contributed by atoms with Crippen LogP contribution < -0.4 is 15.4 Å². The Hall–Kier alpha value is -2.18. The molecule has 2 amide bonds. The van der Waals surface area contributed by atoms with Gasteiger partial charge >= 0.3 is 0 Å². The number of hydrogen-bond donors (Lipinski definition) is 1. The zero-order valence-electron chi connectivity index (χ0n) is 12.7. The van der Waals surface area contributed by atoms with Gasteiger partial charge in [0.1, 0.15) is 5.75 Å². The summed E-state index contributed by atoms with van der Waals surface area (Å²) in [5, 5.41) is 0.587. The van der Waals surface area contributed by atoms with Crippen LogP contribution in [-0.2, 0) is 4.79 Å². The van der Waals surface area contributed by atoms with Crippen LogP contribution in [0.4, 0.5) is 5.69 Å². The number of hydrogen-bond acceptors (Lipinski definition) is 4. The summed E-state index contributed by atoms with van der Waals surface area (Å²) in [6, 6.07) is 12.0. The van der Waals surface area contributed by atoms with E-state index in [4.69, 9.17) is 22.1 Å². The Bertz CT molecular complexity index is 797. The normalized spacial score (nSPS) is 13.3. The van der Waals surface area contributed by atoms with Gasteiger partial charge in [-0.15, -0.1) is 11.8 Å². The number of nitrogens with two attached hydrogens (primary N) is 1. The molecule has 0 fully saturated rings. The topological polar surface area (TPSA) is 72.6 Å². The number of fused-ring (bicyclic) bond motifs is 1. The van der Waals surface area contributed by atoms with Crippen LogP contribution in [-0.4, -0.2) is 30.7 Å². The molecule has 2 N–H and O–H groups in total. The minimum atomic E-state index is -0.539. The maximum Gasteiger partial charge on any atom is 0.264 e. The average Bonchev–Trinajstić information content (AvgIpc) is 2.59. The molecular weight excluding hydrogens is 348 g/mol. The van der Waals surface area contributed by atoms with E-state index in [-0.39, 0.29) is 12.5 Å². The molecule has 0 bridgehead atoms. The SMILES string of the molecule is NC(=O)c1cccc(OCC(=O)N2CCSc3ccc(Cl)cc32)c1. The first kappa shape index (κ1) is 16.7. The van der Waals surface area contributed by atoms with Crippen molar-refractivity contribution in [2.75, 3.05) is 23.8 Å². The fraction of sp³-hybridized carbons (Fsp3) is 0.176. The fourth-order valence-electron chi connectivity index (χ4n) is 2.41. The molecule has 0 saturated carbocycles. The molecule has 1 heterocycles. The second kappa shape index (κ2) is 7.15. The highest BCUT2D eigenvalue weighted by atomic mass is 35.5. The van der Waals surface area contributed by atoms with Crippen molar-refractivity contribution in [3.63, 3.8) is 0 Å². The third-order valence-electron chi connectivity index (χ3n) is 3.57. The number of ether oxygens (including phenoxy) is 1. The molecule has 5 nitrogen and oxygen atoms in total. The van der Waals surface area contributed by atoms with Crippen LogP contribution in [0, 0.1) is 0 Å². The standard InChI is InChI=1S/C17H15ClN2O3S/c18-12-4-5-15-14(9-12)20(6-7-24-15)16(21)10-23-13-3-1-2-11(8-13)17(19)22/h1-5,8-9H,6-7,10H2,(H2,19,22). The van der Waals surface area contributed by atoms with Crippen LogP contribution in [0.15, 0.2) is 47.4 Å². The lowest BCUT2D eigenvalue weighted by Gasteiger charge is -2.29. The monoisotopic (exact) mass is 362 g/mol. The first-order valence-electron chi connectivity index (χ1n) is 7.30. The molecule has 0 atom stereocenters. The maximum atomic E-state index is 12.5. The smallest absolute Gasteiger partial charge is 0.264 e. The van der Waals surface area contributed by atoms with Gasteiger partial charge in [-0.3, -0.25) is 9.59 Å². The van der Waals surface area contributed by atoms with E-state index < -0.39 is 5.91 Å². The summed E-state index contributed by atoms with van der Waals surface area (Å²) in [6.45, 7) is 0.473. The van der Waals surface area contributed by atoms with E-state index in [1.807, 2.05) is 12.1 Å². The summed E-state index contributed by atoms with van der Waals surface area (Å²) in [6.07, 6.45) is 0. The van der Waals surface area contributed by atoms with Gasteiger partial charge in [0, 0.05) is 27.8 Å². The van der Waals surface area contributed by atoms with Gasteiger partial charge < -0.3 is 15.4 Å². The van der Waals surface area contributed by atoms with E-state index in [2.05, 4.69) is 0 Å². The van der Waals surface area contributed by atoms with E-state index in [9.17, 15) is 9.59 Å². The molecule has 3 rings (SSSR count). The van der Waals surface area contributed by atoms with Crippen LogP contribution in [0.25, 0.3) is 0 Å². The number of anilines is 1. The highest BCUT2D eigenvalue weighted by Gasteiger charge is 2.23. The average molecular weight is 363 g/mol. The number of halogens is 1. The second-order valence-electron chi connectivity index (χ2n) is 5.19. The summed E-state index contributed by atoms with van der Waals surface area (Å²) in [4.78, 5) is 26.4. The van der Waals surface area contributed by atoms with Gasteiger partial charge in [0.05, 0.1) is 5.69 Å². The quantitative estimate of drug-likeness (QED) is 0.907. The third kappa shape index (κ3) is 3.66. The predicted molar refractivity (Wildman–Crippen MR) is 95.0 cm³/mol. The highest BCUT2D eigenvalue weighted by molar-refractivity contribution is 7.99. The molecular formula is C17H15ClN2O3S. The Kier molecular flexibility index (Phi) is 4.97. The van der Waals surface area contributed by atoms with E-state index in [1.54, 1.807) is 40.9 Å². The van der Waals surface area contributed by atoms with Gasteiger partial charge in [0.15, 0.2) is 6.61 Å². The van der Waals surface area contributed by atoms with Gasteiger partial charge in [-0.2, -0.15) is 0 Å². The number of carbonyl (C=O) groups excluding carboxylic acids is 2.